The number of fused-ring (bicyclic) bond motifs is 1. The molecule has 30 heavy (non-hydrogen) atoms. The van der Waals surface area contributed by atoms with Crippen LogP contribution in [0.4, 0.5) is 4.79 Å². The van der Waals surface area contributed by atoms with Crippen LogP contribution < -0.4 is 5.32 Å². The number of carbonyl (C=O) groups is 2. The van der Waals surface area contributed by atoms with Gasteiger partial charge in [-0.2, -0.15) is 0 Å². The van der Waals surface area contributed by atoms with Crippen LogP contribution in [-0.2, 0) is 11.3 Å². The maximum atomic E-state index is 12.6. The van der Waals surface area contributed by atoms with Gasteiger partial charge in [-0.15, -0.1) is 0 Å². The molecule has 0 spiro atoms. The van der Waals surface area contributed by atoms with Crippen LogP contribution in [0.1, 0.15) is 25.3 Å². The van der Waals surface area contributed by atoms with Gasteiger partial charge in [-0.1, -0.05) is 41.4 Å². The second kappa shape index (κ2) is 8.93. The van der Waals surface area contributed by atoms with Gasteiger partial charge < -0.3 is 14.7 Å². The predicted molar refractivity (Wildman–Crippen MR) is 119 cm³/mol. The first-order valence-corrected chi connectivity index (χ1v) is 11.4. The number of nitrogens with one attached hydrogen (secondary N) is 1. The summed E-state index contributed by atoms with van der Waals surface area (Å²) in [6.07, 6.45) is 1.58. The fourth-order valence-electron chi connectivity index (χ4n) is 4.30. The normalized spacial score (nSPS) is 24.8. The average Bonchev–Trinajstić information content (AvgIpc) is 3.13. The van der Waals surface area contributed by atoms with Crippen LogP contribution in [0.2, 0.25) is 0 Å². The second-order valence-electron chi connectivity index (χ2n) is 8.13. The molecule has 0 saturated carbocycles. The lowest BCUT2D eigenvalue weighted by Gasteiger charge is -2.40. The highest BCUT2D eigenvalue weighted by Gasteiger charge is 2.49. The van der Waals surface area contributed by atoms with Crippen molar-refractivity contribution in [2.45, 2.75) is 38.5 Å². The van der Waals surface area contributed by atoms with Crippen molar-refractivity contribution in [2.75, 3.05) is 39.8 Å². The molecule has 162 valence electrons. The van der Waals surface area contributed by atoms with Crippen molar-refractivity contribution in [1.82, 2.24) is 24.9 Å². The van der Waals surface area contributed by atoms with Crippen molar-refractivity contribution in [1.29, 1.82) is 0 Å². The van der Waals surface area contributed by atoms with E-state index in [1.54, 1.807) is 11.9 Å². The monoisotopic (exact) mass is 476 g/mol. The van der Waals surface area contributed by atoms with E-state index in [0.29, 0.717) is 0 Å². The Balaban J connectivity index is 1.44. The SMILES string of the molecule is CCCCN1C(N2CCN(Cc3ccc(Br)cc3)CC2)=NC2C1C(=O)NC(=O)N2C. The molecule has 3 aliphatic heterocycles. The zero-order valence-corrected chi connectivity index (χ0v) is 19.1. The highest BCUT2D eigenvalue weighted by molar-refractivity contribution is 9.10. The molecular formula is C21H29BrN6O2. The van der Waals surface area contributed by atoms with Gasteiger partial charge in [0.1, 0.15) is 0 Å². The molecular weight excluding hydrogens is 448 g/mol. The van der Waals surface area contributed by atoms with Gasteiger partial charge >= 0.3 is 6.03 Å². The van der Waals surface area contributed by atoms with Gasteiger partial charge in [0.2, 0.25) is 0 Å². The molecule has 0 aromatic heterocycles. The summed E-state index contributed by atoms with van der Waals surface area (Å²) >= 11 is 3.49. The van der Waals surface area contributed by atoms with Crippen molar-refractivity contribution in [3.05, 3.63) is 34.3 Å². The largest absolute Gasteiger partial charge is 0.340 e. The van der Waals surface area contributed by atoms with Gasteiger partial charge in [-0.25, -0.2) is 9.79 Å². The van der Waals surface area contributed by atoms with E-state index in [1.807, 2.05) is 0 Å². The number of benzene rings is 1. The summed E-state index contributed by atoms with van der Waals surface area (Å²) in [5.74, 6) is 0.616. The molecule has 3 aliphatic rings. The first-order valence-electron chi connectivity index (χ1n) is 10.6. The number of piperazine rings is 1. The molecule has 0 bridgehead atoms. The van der Waals surface area contributed by atoms with E-state index in [0.717, 1.165) is 62.5 Å². The number of hydrogen-bond donors (Lipinski definition) is 1. The Bertz CT molecular complexity index is 821. The topological polar surface area (TPSA) is 71.5 Å². The molecule has 2 unspecified atom stereocenters. The van der Waals surface area contributed by atoms with Crippen LogP contribution in [0.5, 0.6) is 0 Å². The number of aliphatic imine (C=N–C) groups is 1. The summed E-state index contributed by atoms with van der Waals surface area (Å²) in [6, 6.07) is 7.65. The molecule has 8 nitrogen and oxygen atoms in total. The molecule has 9 heteroatoms. The molecule has 0 aliphatic carbocycles. The van der Waals surface area contributed by atoms with Gasteiger partial charge in [-0.05, 0) is 24.1 Å². The summed E-state index contributed by atoms with van der Waals surface area (Å²) in [6.45, 7) is 7.43. The Morgan fingerprint density at radius 3 is 2.50 bits per heavy atom. The molecule has 1 aromatic carbocycles. The van der Waals surface area contributed by atoms with Crippen LogP contribution in [-0.4, -0.2) is 89.5 Å². The van der Waals surface area contributed by atoms with Gasteiger partial charge in [0.15, 0.2) is 18.2 Å². The number of likely N-dealkylation sites (N-methyl/N-ethyl adjacent to an activating group) is 1. The van der Waals surface area contributed by atoms with E-state index in [9.17, 15) is 9.59 Å². The number of unbranched alkanes of at least 4 members (excludes halogenated alkanes) is 1. The van der Waals surface area contributed by atoms with Crippen LogP contribution in [0.25, 0.3) is 0 Å². The smallest absolute Gasteiger partial charge is 0.325 e. The second-order valence-corrected chi connectivity index (χ2v) is 9.05. The number of amides is 3. The average molecular weight is 477 g/mol. The molecule has 1 aromatic rings. The number of urea groups is 1. The van der Waals surface area contributed by atoms with Crippen molar-refractivity contribution in [3.63, 3.8) is 0 Å². The molecule has 2 saturated heterocycles. The van der Waals surface area contributed by atoms with Crippen molar-refractivity contribution in [3.8, 4) is 0 Å². The molecule has 2 fully saturated rings. The van der Waals surface area contributed by atoms with Crippen LogP contribution in [0.3, 0.4) is 0 Å². The summed E-state index contributed by atoms with van der Waals surface area (Å²) in [7, 11) is 1.71. The van der Waals surface area contributed by atoms with E-state index < -0.39 is 12.2 Å². The standard InChI is InChI=1S/C21H29BrN6O2/c1-3-4-9-28-17-18(25(2)21(30)24-19(17)29)23-20(28)27-12-10-26(11-13-27)14-15-5-7-16(22)8-6-15/h5-8,17-18H,3-4,9-14H2,1-2H3,(H,24,29,30). The van der Waals surface area contributed by atoms with E-state index in [2.05, 4.69) is 67.1 Å². The Labute approximate surface area is 186 Å². The van der Waals surface area contributed by atoms with Crippen molar-refractivity contribution in [2.24, 2.45) is 4.99 Å². The Morgan fingerprint density at radius 2 is 1.83 bits per heavy atom. The minimum absolute atomic E-state index is 0.244. The summed E-state index contributed by atoms with van der Waals surface area (Å²) in [4.78, 5) is 37.9. The molecule has 0 radical (unpaired) electrons. The summed E-state index contributed by atoms with van der Waals surface area (Å²) in [5, 5.41) is 2.47. The summed E-state index contributed by atoms with van der Waals surface area (Å²) in [5.41, 5.74) is 1.30. The lowest BCUT2D eigenvalue weighted by atomic mass is 10.1. The fourth-order valence-corrected chi connectivity index (χ4v) is 4.56. The highest BCUT2D eigenvalue weighted by Crippen LogP contribution is 2.26. The minimum atomic E-state index is -0.445. The van der Waals surface area contributed by atoms with Gasteiger partial charge in [0.25, 0.3) is 5.91 Å². The first-order chi connectivity index (χ1) is 14.5. The molecule has 3 heterocycles. The van der Waals surface area contributed by atoms with Gasteiger partial charge in [-0.3, -0.25) is 15.0 Å². The van der Waals surface area contributed by atoms with Crippen LogP contribution >= 0.6 is 15.9 Å². The maximum Gasteiger partial charge on any atom is 0.325 e. The van der Waals surface area contributed by atoms with E-state index in [1.165, 1.54) is 5.56 Å². The lowest BCUT2D eigenvalue weighted by Crippen LogP contribution is -2.64. The Kier molecular flexibility index (Phi) is 6.29. The number of hydrogen-bond acceptors (Lipinski definition) is 6. The minimum Gasteiger partial charge on any atom is -0.340 e. The fraction of sp³-hybridized carbons (Fsp3) is 0.571. The zero-order chi connectivity index (χ0) is 21.3. The number of guanidine groups is 1. The predicted octanol–water partition coefficient (Wildman–Crippen LogP) is 1.91. The van der Waals surface area contributed by atoms with Crippen molar-refractivity contribution < 1.29 is 9.59 Å². The third kappa shape index (κ3) is 4.18. The van der Waals surface area contributed by atoms with E-state index in [-0.39, 0.29) is 11.9 Å². The van der Waals surface area contributed by atoms with E-state index >= 15 is 0 Å². The zero-order valence-electron chi connectivity index (χ0n) is 17.6. The number of halogens is 1. The van der Waals surface area contributed by atoms with Crippen molar-refractivity contribution >= 4 is 33.8 Å². The highest BCUT2D eigenvalue weighted by atomic mass is 79.9. The van der Waals surface area contributed by atoms with E-state index in [4.69, 9.17) is 4.99 Å². The number of rotatable bonds is 5. The molecule has 4 rings (SSSR count). The first kappa shape index (κ1) is 21.1. The Morgan fingerprint density at radius 1 is 1.13 bits per heavy atom. The molecule has 1 N–H and O–H groups in total. The summed E-state index contributed by atoms with van der Waals surface area (Å²) < 4.78 is 1.09. The quantitative estimate of drug-likeness (QED) is 0.702. The maximum absolute atomic E-state index is 12.6. The molecule has 3 amide bonds. The molecule has 2 atom stereocenters. The van der Waals surface area contributed by atoms with Gasteiger partial charge in [0, 0.05) is 50.8 Å². The number of nitrogens with zero attached hydrogens (tertiary/aromatic N) is 5. The third-order valence-electron chi connectivity index (χ3n) is 6.07. The van der Waals surface area contributed by atoms with Crippen LogP contribution in [0.15, 0.2) is 33.7 Å². The van der Waals surface area contributed by atoms with Gasteiger partial charge in [0.05, 0.1) is 0 Å². The number of carbonyl (C=O) groups excluding carboxylic acids is 2. The lowest BCUT2D eigenvalue weighted by molar-refractivity contribution is -0.127. The van der Waals surface area contributed by atoms with Crippen LogP contribution in [0, 0.1) is 0 Å². The third-order valence-corrected chi connectivity index (χ3v) is 6.59. The number of imide groups is 1. The Hall–Kier alpha value is -2.13.